The highest BCUT2D eigenvalue weighted by atomic mass is 16.5. The number of carbonyl (C=O) groups excluding carboxylic acids is 1. The van der Waals surface area contributed by atoms with Gasteiger partial charge in [0.25, 0.3) is 5.91 Å². The number of aromatic nitrogens is 1. The monoisotopic (exact) mass is 299 g/mol. The van der Waals surface area contributed by atoms with E-state index in [2.05, 4.69) is 15.5 Å². The van der Waals surface area contributed by atoms with Crippen molar-refractivity contribution in [3.05, 3.63) is 53.3 Å². The van der Waals surface area contributed by atoms with Gasteiger partial charge in [-0.3, -0.25) is 9.78 Å². The molecule has 0 saturated carbocycles. The number of rotatable bonds is 5. The minimum absolute atomic E-state index is 0.328. The van der Waals surface area contributed by atoms with Crippen molar-refractivity contribution in [1.29, 1.82) is 0 Å². The van der Waals surface area contributed by atoms with E-state index in [1.54, 1.807) is 32.4 Å². The molecule has 1 aromatic carbocycles. The minimum atomic E-state index is -0.328. The summed E-state index contributed by atoms with van der Waals surface area (Å²) in [6, 6.07) is 8.87. The van der Waals surface area contributed by atoms with E-state index < -0.39 is 0 Å². The second-order valence-electron chi connectivity index (χ2n) is 4.47. The molecule has 2 rings (SSSR count). The number of aryl methyl sites for hydroxylation is 1. The van der Waals surface area contributed by atoms with Crippen molar-refractivity contribution >= 4 is 12.1 Å². The third kappa shape index (κ3) is 3.60. The van der Waals surface area contributed by atoms with Gasteiger partial charge >= 0.3 is 0 Å². The summed E-state index contributed by atoms with van der Waals surface area (Å²) in [7, 11) is 3.11. The summed E-state index contributed by atoms with van der Waals surface area (Å²) in [5, 5.41) is 3.94. The fourth-order valence-corrected chi connectivity index (χ4v) is 1.84. The third-order valence-electron chi connectivity index (χ3n) is 2.98. The maximum Gasteiger partial charge on any atom is 0.272 e. The first-order valence-corrected chi connectivity index (χ1v) is 6.62. The second-order valence-corrected chi connectivity index (χ2v) is 4.47. The average molecular weight is 299 g/mol. The van der Waals surface area contributed by atoms with Crippen LogP contribution in [0.1, 0.15) is 21.6 Å². The zero-order valence-electron chi connectivity index (χ0n) is 12.7. The summed E-state index contributed by atoms with van der Waals surface area (Å²) >= 11 is 0. The lowest BCUT2D eigenvalue weighted by atomic mass is 10.2. The van der Waals surface area contributed by atoms with E-state index in [4.69, 9.17) is 9.47 Å². The number of ether oxygens (including phenoxy) is 2. The van der Waals surface area contributed by atoms with Crippen LogP contribution in [-0.2, 0) is 0 Å². The molecule has 0 spiro atoms. The summed E-state index contributed by atoms with van der Waals surface area (Å²) in [5.41, 5.74) is 4.44. The van der Waals surface area contributed by atoms with E-state index in [1.165, 1.54) is 12.4 Å². The topological polar surface area (TPSA) is 72.8 Å². The number of nitrogens with zero attached hydrogens (tertiary/aromatic N) is 2. The largest absolute Gasteiger partial charge is 0.493 e. The standard InChI is InChI=1S/C16H17N3O3/c1-11-7-8-13(9-17-11)16(20)19-18-10-12-5-4-6-14(21-2)15(12)22-3/h4-10H,1-3H3,(H,19,20)/b18-10-. The van der Waals surface area contributed by atoms with Crippen molar-refractivity contribution in [2.75, 3.05) is 14.2 Å². The molecule has 0 aliphatic rings. The van der Waals surface area contributed by atoms with Gasteiger partial charge in [-0.15, -0.1) is 0 Å². The van der Waals surface area contributed by atoms with Crippen LogP contribution in [0.15, 0.2) is 41.6 Å². The first kappa shape index (κ1) is 15.5. The molecule has 22 heavy (non-hydrogen) atoms. The van der Waals surface area contributed by atoms with E-state index in [1.807, 2.05) is 19.1 Å². The number of nitrogens with one attached hydrogen (secondary N) is 1. The summed E-state index contributed by atoms with van der Waals surface area (Å²) < 4.78 is 10.5. The lowest BCUT2D eigenvalue weighted by Crippen LogP contribution is -2.17. The van der Waals surface area contributed by atoms with Crippen LogP contribution in [0.4, 0.5) is 0 Å². The Morgan fingerprint density at radius 2 is 2.05 bits per heavy atom. The van der Waals surface area contributed by atoms with Gasteiger partial charge in [-0.25, -0.2) is 5.43 Å². The highest BCUT2D eigenvalue weighted by Gasteiger charge is 2.08. The molecule has 0 unspecified atom stereocenters. The Kier molecular flexibility index (Phi) is 5.08. The number of carbonyl (C=O) groups is 1. The first-order valence-electron chi connectivity index (χ1n) is 6.62. The molecule has 1 N–H and O–H groups in total. The van der Waals surface area contributed by atoms with Crippen LogP contribution in [0.25, 0.3) is 0 Å². The summed E-state index contributed by atoms with van der Waals surface area (Å²) in [5.74, 6) is 0.825. The van der Waals surface area contributed by atoms with Crippen LogP contribution >= 0.6 is 0 Å². The van der Waals surface area contributed by atoms with Crippen LogP contribution in [0.5, 0.6) is 11.5 Å². The average Bonchev–Trinajstić information content (AvgIpc) is 2.55. The number of benzene rings is 1. The van der Waals surface area contributed by atoms with Gasteiger partial charge in [-0.1, -0.05) is 6.07 Å². The number of hydrogen-bond acceptors (Lipinski definition) is 5. The highest BCUT2D eigenvalue weighted by molar-refractivity contribution is 5.94. The van der Waals surface area contributed by atoms with Gasteiger partial charge in [0, 0.05) is 17.5 Å². The van der Waals surface area contributed by atoms with Gasteiger partial charge in [0.1, 0.15) is 0 Å². The maximum absolute atomic E-state index is 11.9. The van der Waals surface area contributed by atoms with Gasteiger partial charge < -0.3 is 9.47 Å². The number of hydrogen-bond donors (Lipinski definition) is 1. The zero-order valence-corrected chi connectivity index (χ0v) is 12.7. The first-order chi connectivity index (χ1) is 10.7. The molecule has 114 valence electrons. The molecule has 0 radical (unpaired) electrons. The Morgan fingerprint density at radius 1 is 1.23 bits per heavy atom. The second kappa shape index (κ2) is 7.21. The van der Waals surface area contributed by atoms with E-state index >= 15 is 0 Å². The third-order valence-corrected chi connectivity index (χ3v) is 2.98. The van der Waals surface area contributed by atoms with E-state index in [-0.39, 0.29) is 5.91 Å². The molecule has 1 amide bonds. The van der Waals surface area contributed by atoms with Crippen molar-refractivity contribution in [2.24, 2.45) is 5.10 Å². The van der Waals surface area contributed by atoms with Crippen LogP contribution in [0.3, 0.4) is 0 Å². The Bertz CT molecular complexity index is 682. The van der Waals surface area contributed by atoms with Gasteiger partial charge in [0.15, 0.2) is 11.5 Å². The molecule has 1 aromatic heterocycles. The van der Waals surface area contributed by atoms with Crippen molar-refractivity contribution in [2.45, 2.75) is 6.92 Å². The SMILES string of the molecule is COc1cccc(/C=N\NC(=O)c2ccc(C)nc2)c1OC. The van der Waals surface area contributed by atoms with Crippen molar-refractivity contribution in [3.63, 3.8) is 0 Å². The van der Waals surface area contributed by atoms with Crippen LogP contribution in [-0.4, -0.2) is 31.3 Å². The molecule has 6 heteroatoms. The molecule has 6 nitrogen and oxygen atoms in total. The lowest BCUT2D eigenvalue weighted by Gasteiger charge is -2.09. The van der Waals surface area contributed by atoms with Crippen LogP contribution < -0.4 is 14.9 Å². The van der Waals surface area contributed by atoms with Crippen LogP contribution in [0, 0.1) is 6.92 Å². The molecule has 0 aliphatic heterocycles. The molecular weight excluding hydrogens is 282 g/mol. The van der Waals surface area contributed by atoms with E-state index in [0.29, 0.717) is 22.6 Å². The number of para-hydroxylation sites is 1. The summed E-state index contributed by atoms with van der Waals surface area (Å²) in [4.78, 5) is 16.0. The molecular formula is C16H17N3O3. The molecule has 0 saturated heterocycles. The van der Waals surface area contributed by atoms with Crippen LogP contribution in [0.2, 0.25) is 0 Å². The van der Waals surface area contributed by atoms with Gasteiger partial charge in [-0.2, -0.15) is 5.10 Å². The molecule has 0 bridgehead atoms. The fraction of sp³-hybridized carbons (Fsp3) is 0.188. The van der Waals surface area contributed by atoms with Gasteiger partial charge in [-0.05, 0) is 31.2 Å². The lowest BCUT2D eigenvalue weighted by molar-refractivity contribution is 0.0955. The number of methoxy groups -OCH3 is 2. The highest BCUT2D eigenvalue weighted by Crippen LogP contribution is 2.29. The van der Waals surface area contributed by atoms with Crippen molar-refractivity contribution < 1.29 is 14.3 Å². The quantitative estimate of drug-likeness (QED) is 0.678. The Hall–Kier alpha value is -2.89. The number of pyridine rings is 1. The summed E-state index contributed by atoms with van der Waals surface area (Å²) in [6.45, 7) is 1.86. The van der Waals surface area contributed by atoms with Gasteiger partial charge in [0.2, 0.25) is 0 Å². The number of amides is 1. The van der Waals surface area contributed by atoms with E-state index in [0.717, 1.165) is 5.69 Å². The maximum atomic E-state index is 11.9. The van der Waals surface area contributed by atoms with E-state index in [9.17, 15) is 4.79 Å². The number of hydrazone groups is 1. The smallest absolute Gasteiger partial charge is 0.272 e. The molecule has 2 aromatic rings. The predicted octanol–water partition coefficient (Wildman–Crippen LogP) is 2.17. The van der Waals surface area contributed by atoms with Gasteiger partial charge in [0.05, 0.1) is 26.0 Å². The Balaban J connectivity index is 2.09. The van der Waals surface area contributed by atoms with Crippen molar-refractivity contribution in [3.8, 4) is 11.5 Å². The Labute approximate surface area is 128 Å². The molecule has 1 heterocycles. The molecule has 0 aliphatic carbocycles. The van der Waals surface area contributed by atoms with Crippen molar-refractivity contribution in [1.82, 2.24) is 10.4 Å². The summed E-state index contributed by atoms with van der Waals surface area (Å²) in [6.07, 6.45) is 3.01. The minimum Gasteiger partial charge on any atom is -0.493 e. The fourth-order valence-electron chi connectivity index (χ4n) is 1.84. The Morgan fingerprint density at radius 3 is 2.68 bits per heavy atom. The predicted molar refractivity (Wildman–Crippen MR) is 83.6 cm³/mol. The molecule has 0 atom stereocenters. The zero-order chi connectivity index (χ0) is 15.9. The molecule has 0 fully saturated rings. The normalized spacial score (nSPS) is 10.5.